The molecular formula is C22H15ClN2OS. The third-order valence-electron chi connectivity index (χ3n) is 3.97. The van der Waals surface area contributed by atoms with Crippen LogP contribution in [-0.4, -0.2) is 11.1 Å². The van der Waals surface area contributed by atoms with Crippen LogP contribution in [0, 0.1) is 0 Å². The van der Waals surface area contributed by atoms with Gasteiger partial charge in [0, 0.05) is 5.02 Å². The summed E-state index contributed by atoms with van der Waals surface area (Å²) in [5.41, 5.74) is 2.52. The average molecular weight is 391 g/mol. The van der Waals surface area contributed by atoms with Crippen LogP contribution in [0.4, 0.5) is 11.4 Å². The molecule has 3 aromatic rings. The molecule has 1 amide bonds. The third kappa shape index (κ3) is 3.97. The SMILES string of the molecule is O=C1/C(=C/c2ccc(Cl)cc2)SC(=Nc2ccccc2)N1c1ccccc1. The second-order valence-corrected chi connectivity index (χ2v) is 7.31. The number of thioether (sulfide) groups is 1. The monoisotopic (exact) mass is 390 g/mol. The molecule has 1 heterocycles. The summed E-state index contributed by atoms with van der Waals surface area (Å²) in [5, 5.41) is 1.30. The van der Waals surface area contributed by atoms with Gasteiger partial charge in [-0.05, 0) is 59.8 Å². The summed E-state index contributed by atoms with van der Waals surface area (Å²) in [5.74, 6) is -0.0872. The molecule has 1 aliphatic heterocycles. The molecular weight excluding hydrogens is 376 g/mol. The van der Waals surface area contributed by atoms with E-state index in [1.807, 2.05) is 91.0 Å². The maximum absolute atomic E-state index is 13.1. The number of halogens is 1. The molecule has 0 bridgehead atoms. The molecule has 0 atom stereocenters. The van der Waals surface area contributed by atoms with Gasteiger partial charge in [0.15, 0.2) is 5.17 Å². The van der Waals surface area contributed by atoms with E-state index in [0.29, 0.717) is 15.1 Å². The zero-order valence-electron chi connectivity index (χ0n) is 14.2. The molecule has 5 heteroatoms. The van der Waals surface area contributed by atoms with Crippen LogP contribution in [-0.2, 0) is 4.79 Å². The minimum atomic E-state index is -0.0872. The Hall–Kier alpha value is -2.82. The molecule has 1 fully saturated rings. The van der Waals surface area contributed by atoms with Crippen molar-refractivity contribution in [3.05, 3.63) is 100 Å². The Balaban J connectivity index is 1.76. The number of amides is 1. The van der Waals surface area contributed by atoms with Gasteiger partial charge in [-0.2, -0.15) is 0 Å². The number of nitrogens with zero attached hydrogens (tertiary/aromatic N) is 2. The number of hydrogen-bond acceptors (Lipinski definition) is 3. The molecule has 4 rings (SSSR count). The van der Waals surface area contributed by atoms with E-state index in [-0.39, 0.29) is 5.91 Å². The van der Waals surface area contributed by atoms with Gasteiger partial charge in [-0.3, -0.25) is 9.69 Å². The lowest BCUT2D eigenvalue weighted by atomic mass is 10.2. The first-order valence-electron chi connectivity index (χ1n) is 8.39. The van der Waals surface area contributed by atoms with Crippen molar-refractivity contribution in [3.8, 4) is 0 Å². The van der Waals surface area contributed by atoms with Gasteiger partial charge >= 0.3 is 0 Å². The van der Waals surface area contributed by atoms with Crippen molar-refractivity contribution in [2.75, 3.05) is 4.90 Å². The number of anilines is 1. The van der Waals surface area contributed by atoms with Crippen molar-refractivity contribution >= 4 is 51.9 Å². The molecule has 0 spiro atoms. The minimum absolute atomic E-state index is 0.0872. The minimum Gasteiger partial charge on any atom is -0.268 e. The van der Waals surface area contributed by atoms with Gasteiger partial charge in [0.25, 0.3) is 5.91 Å². The summed E-state index contributed by atoms with van der Waals surface area (Å²) >= 11 is 7.32. The lowest BCUT2D eigenvalue weighted by Crippen LogP contribution is -2.28. The van der Waals surface area contributed by atoms with E-state index in [1.54, 1.807) is 4.90 Å². The molecule has 0 N–H and O–H groups in total. The van der Waals surface area contributed by atoms with E-state index in [2.05, 4.69) is 0 Å². The fourth-order valence-corrected chi connectivity index (χ4v) is 3.80. The van der Waals surface area contributed by atoms with Crippen LogP contribution in [0.3, 0.4) is 0 Å². The van der Waals surface area contributed by atoms with Crippen LogP contribution in [0.25, 0.3) is 6.08 Å². The van der Waals surface area contributed by atoms with Crippen LogP contribution in [0.5, 0.6) is 0 Å². The normalized spacial score (nSPS) is 17.1. The Labute approximate surface area is 167 Å². The van der Waals surface area contributed by atoms with Crippen molar-refractivity contribution < 1.29 is 4.79 Å². The van der Waals surface area contributed by atoms with Crippen molar-refractivity contribution in [2.24, 2.45) is 4.99 Å². The Kier molecular flexibility index (Phi) is 5.10. The second-order valence-electron chi connectivity index (χ2n) is 5.87. The fraction of sp³-hybridized carbons (Fsp3) is 0. The maximum atomic E-state index is 13.1. The van der Waals surface area contributed by atoms with Crippen LogP contribution in [0.15, 0.2) is 94.8 Å². The van der Waals surface area contributed by atoms with Gasteiger partial charge in [-0.15, -0.1) is 0 Å². The summed E-state index contributed by atoms with van der Waals surface area (Å²) in [6, 6.07) is 26.6. The molecule has 3 nitrogen and oxygen atoms in total. The number of carbonyl (C=O) groups is 1. The standard InChI is InChI=1S/C22H15ClN2OS/c23-17-13-11-16(12-14-17)15-20-21(26)25(19-9-5-2-6-10-19)22(27-20)24-18-7-3-1-4-8-18/h1-15H/b20-15-,24-22?. The molecule has 0 aromatic heterocycles. The van der Waals surface area contributed by atoms with E-state index in [0.717, 1.165) is 16.9 Å². The predicted molar refractivity (Wildman–Crippen MR) is 114 cm³/mol. The lowest BCUT2D eigenvalue weighted by molar-refractivity contribution is -0.113. The first-order chi connectivity index (χ1) is 13.2. The number of amidine groups is 1. The Morgan fingerprint density at radius 2 is 1.48 bits per heavy atom. The molecule has 1 saturated heterocycles. The molecule has 0 aliphatic carbocycles. The Morgan fingerprint density at radius 3 is 2.15 bits per heavy atom. The quantitative estimate of drug-likeness (QED) is 0.502. The summed E-state index contributed by atoms with van der Waals surface area (Å²) in [4.78, 5) is 20.1. The van der Waals surface area contributed by atoms with Gasteiger partial charge in [0.1, 0.15) is 0 Å². The van der Waals surface area contributed by atoms with Crippen molar-refractivity contribution in [2.45, 2.75) is 0 Å². The van der Waals surface area contributed by atoms with Gasteiger partial charge in [-0.1, -0.05) is 60.1 Å². The third-order valence-corrected chi connectivity index (χ3v) is 5.19. The first-order valence-corrected chi connectivity index (χ1v) is 9.58. The molecule has 0 unspecified atom stereocenters. The van der Waals surface area contributed by atoms with E-state index < -0.39 is 0 Å². The number of para-hydroxylation sites is 2. The van der Waals surface area contributed by atoms with E-state index >= 15 is 0 Å². The van der Waals surface area contributed by atoms with E-state index in [1.165, 1.54) is 11.8 Å². The zero-order valence-corrected chi connectivity index (χ0v) is 15.8. The summed E-state index contributed by atoms with van der Waals surface area (Å²) < 4.78 is 0. The number of rotatable bonds is 3. The van der Waals surface area contributed by atoms with Crippen molar-refractivity contribution in [3.63, 3.8) is 0 Å². The fourth-order valence-electron chi connectivity index (χ4n) is 2.68. The number of hydrogen-bond donors (Lipinski definition) is 0. The highest BCUT2D eigenvalue weighted by Gasteiger charge is 2.34. The van der Waals surface area contributed by atoms with Gasteiger partial charge in [-0.25, -0.2) is 4.99 Å². The number of aliphatic imine (C=N–C) groups is 1. The number of benzene rings is 3. The topological polar surface area (TPSA) is 32.7 Å². The largest absolute Gasteiger partial charge is 0.271 e. The highest BCUT2D eigenvalue weighted by molar-refractivity contribution is 8.19. The van der Waals surface area contributed by atoms with Crippen LogP contribution in [0.2, 0.25) is 5.02 Å². The second kappa shape index (κ2) is 7.82. The molecule has 132 valence electrons. The van der Waals surface area contributed by atoms with Gasteiger partial charge in [0.2, 0.25) is 0 Å². The van der Waals surface area contributed by atoms with Gasteiger partial charge in [0.05, 0.1) is 16.3 Å². The van der Waals surface area contributed by atoms with E-state index in [4.69, 9.17) is 16.6 Å². The summed E-state index contributed by atoms with van der Waals surface area (Å²) in [6.45, 7) is 0. The maximum Gasteiger partial charge on any atom is 0.271 e. The van der Waals surface area contributed by atoms with Crippen LogP contribution >= 0.6 is 23.4 Å². The average Bonchev–Trinajstić information content (AvgIpc) is 3.00. The Bertz CT molecular complexity index is 1020. The van der Waals surface area contributed by atoms with Crippen LogP contribution < -0.4 is 4.90 Å². The highest BCUT2D eigenvalue weighted by Crippen LogP contribution is 2.37. The Morgan fingerprint density at radius 1 is 0.852 bits per heavy atom. The molecule has 0 saturated carbocycles. The van der Waals surface area contributed by atoms with Crippen LogP contribution in [0.1, 0.15) is 5.56 Å². The molecule has 0 radical (unpaired) electrons. The smallest absolute Gasteiger partial charge is 0.268 e. The lowest BCUT2D eigenvalue weighted by Gasteiger charge is -2.15. The molecule has 3 aromatic carbocycles. The molecule has 1 aliphatic rings. The van der Waals surface area contributed by atoms with Crippen molar-refractivity contribution in [1.29, 1.82) is 0 Å². The van der Waals surface area contributed by atoms with Crippen molar-refractivity contribution in [1.82, 2.24) is 0 Å². The first kappa shape index (κ1) is 17.6. The summed E-state index contributed by atoms with van der Waals surface area (Å²) in [6.07, 6.45) is 1.87. The predicted octanol–water partition coefficient (Wildman–Crippen LogP) is 6.15. The molecule has 27 heavy (non-hydrogen) atoms. The zero-order chi connectivity index (χ0) is 18.6. The number of carbonyl (C=O) groups excluding carboxylic acids is 1. The summed E-state index contributed by atoms with van der Waals surface area (Å²) in [7, 11) is 0. The van der Waals surface area contributed by atoms with E-state index in [9.17, 15) is 4.79 Å². The highest BCUT2D eigenvalue weighted by atomic mass is 35.5. The van der Waals surface area contributed by atoms with Gasteiger partial charge < -0.3 is 0 Å².